The van der Waals surface area contributed by atoms with Crippen molar-refractivity contribution >= 4 is 39.5 Å². The lowest BCUT2D eigenvalue weighted by Gasteiger charge is -2.33. The van der Waals surface area contributed by atoms with Crippen LogP contribution in [0.3, 0.4) is 0 Å². The Morgan fingerprint density at radius 3 is 2.52 bits per heavy atom. The Morgan fingerprint density at radius 1 is 1.14 bits per heavy atom. The van der Waals surface area contributed by atoms with Gasteiger partial charge in [0, 0.05) is 36.1 Å². The molecule has 1 saturated carbocycles. The van der Waals surface area contributed by atoms with Gasteiger partial charge in [0.15, 0.2) is 4.90 Å². The summed E-state index contributed by atoms with van der Waals surface area (Å²) in [7, 11) is 5.63. The van der Waals surface area contributed by atoms with Gasteiger partial charge in [-0.1, -0.05) is 12.0 Å². The molecule has 1 heterocycles. The highest BCUT2D eigenvalue weighted by Crippen LogP contribution is 2.33. The fourth-order valence-electron chi connectivity index (χ4n) is 5.22. The maximum Gasteiger partial charge on any atom is 0.406 e. The third-order valence-electron chi connectivity index (χ3n) is 7.28. The maximum atomic E-state index is 13.6. The van der Waals surface area contributed by atoms with Crippen molar-refractivity contribution in [2.75, 3.05) is 38.4 Å². The van der Waals surface area contributed by atoms with E-state index in [4.69, 9.17) is 4.74 Å². The fraction of sp³-hybridized carbons (Fsp3) is 0.433. The summed E-state index contributed by atoms with van der Waals surface area (Å²) in [5.41, 5.74) is 2.11. The van der Waals surface area contributed by atoms with Gasteiger partial charge in [0.2, 0.25) is 0 Å². The second-order valence-corrected chi connectivity index (χ2v) is 11.7. The monoisotopic (exact) mass is 603 g/mol. The van der Waals surface area contributed by atoms with Gasteiger partial charge < -0.3 is 29.4 Å². The summed E-state index contributed by atoms with van der Waals surface area (Å²) in [5, 5.41) is 7.37. The summed E-state index contributed by atoms with van der Waals surface area (Å²) in [6.45, 7) is 0.247. The number of hydrogen-bond acceptors (Lipinski definition) is 6. The first-order valence-electron chi connectivity index (χ1n) is 13.7. The maximum absolute atomic E-state index is 13.6. The van der Waals surface area contributed by atoms with Crippen molar-refractivity contribution in [2.24, 2.45) is 0 Å². The smallest absolute Gasteiger partial charge is 0.406 e. The summed E-state index contributed by atoms with van der Waals surface area (Å²) < 4.78 is 61.9. The number of methoxy groups -OCH3 is 1. The molecule has 1 unspecified atom stereocenters. The predicted octanol–water partition coefficient (Wildman–Crippen LogP) is 5.12. The van der Waals surface area contributed by atoms with Crippen molar-refractivity contribution < 1.29 is 27.3 Å². The summed E-state index contributed by atoms with van der Waals surface area (Å²) in [6, 6.07) is 12.6. The molecule has 1 aliphatic carbocycles. The number of carbonyl (C=O) groups excluding carboxylic acids is 1. The molecule has 42 heavy (non-hydrogen) atoms. The van der Waals surface area contributed by atoms with Crippen LogP contribution >= 0.6 is 0 Å². The van der Waals surface area contributed by atoms with E-state index >= 15 is 0 Å². The molecule has 12 heteroatoms. The lowest BCUT2D eigenvalue weighted by Crippen LogP contribution is -2.36. The zero-order chi connectivity index (χ0) is 30.4. The Bertz CT molecular complexity index is 1460. The van der Waals surface area contributed by atoms with Crippen LogP contribution in [-0.2, 0) is 22.7 Å². The number of amides is 1. The molecule has 226 valence electrons. The molecular formula is C30H36F3N5O3S. The number of rotatable bonds is 9. The first-order chi connectivity index (χ1) is 19.9. The molecule has 4 rings (SSSR count). The standard InChI is InChI=1S/C30H36F3N5O3S/c1-20(39)36-42(40)24-14-15-27(29(18-24)41-4)34-16-6-7-23-17-25-26(35-21-10-12-22(13-11-21)37(2)3)8-5-9-28(25)38(23)19-30(31,32)33/h5,8-9,14-15,17-18,21-22,34-35H,10-13,16,19H2,1-4H3,(H,36,39). The van der Waals surface area contributed by atoms with Crippen LogP contribution in [0, 0.1) is 11.8 Å². The van der Waals surface area contributed by atoms with Crippen molar-refractivity contribution in [1.82, 2.24) is 14.2 Å². The van der Waals surface area contributed by atoms with Crippen molar-refractivity contribution in [3.8, 4) is 17.6 Å². The zero-order valence-electron chi connectivity index (χ0n) is 24.1. The molecule has 2 aromatic carbocycles. The second-order valence-electron chi connectivity index (χ2n) is 10.5. The third kappa shape index (κ3) is 8.06. The normalized spacial score (nSPS) is 17.8. The van der Waals surface area contributed by atoms with E-state index < -0.39 is 30.0 Å². The van der Waals surface area contributed by atoms with E-state index in [0.29, 0.717) is 33.3 Å². The molecule has 0 radical (unpaired) electrons. The van der Waals surface area contributed by atoms with Crippen LogP contribution in [0.1, 0.15) is 38.3 Å². The zero-order valence-corrected chi connectivity index (χ0v) is 24.9. The topological polar surface area (TPSA) is 93.6 Å². The van der Waals surface area contributed by atoms with Crippen LogP contribution in [0.5, 0.6) is 5.75 Å². The highest BCUT2D eigenvalue weighted by atomic mass is 32.2. The van der Waals surface area contributed by atoms with Gasteiger partial charge >= 0.3 is 6.18 Å². The number of nitrogens with zero attached hydrogens (tertiary/aromatic N) is 2. The molecule has 3 N–H and O–H groups in total. The Kier molecular flexibility index (Phi) is 10.2. The molecule has 1 amide bonds. The van der Waals surface area contributed by atoms with Gasteiger partial charge in [-0.2, -0.15) is 17.9 Å². The molecule has 0 spiro atoms. The Balaban J connectivity index is 1.54. The third-order valence-corrected chi connectivity index (χ3v) is 8.43. The number of nitrogens with one attached hydrogen (secondary N) is 3. The minimum Gasteiger partial charge on any atom is -0.588 e. The van der Waals surface area contributed by atoms with E-state index in [9.17, 15) is 22.5 Å². The molecule has 0 bridgehead atoms. The van der Waals surface area contributed by atoms with E-state index in [-0.39, 0.29) is 18.3 Å². The Labute approximate surface area is 247 Å². The van der Waals surface area contributed by atoms with Gasteiger partial charge in [-0.05, 0) is 76.0 Å². The van der Waals surface area contributed by atoms with Gasteiger partial charge in [-0.25, -0.2) is 0 Å². The SMILES string of the molecule is COc1cc([S+]([O-])NC(C)=O)ccc1NCC#Cc1cc2c(NC3CCC(N(C)C)CC3)cccc2n1CC(F)(F)F. The van der Waals surface area contributed by atoms with Crippen LogP contribution in [-0.4, -0.2) is 65.9 Å². The molecule has 1 atom stereocenters. The number of anilines is 2. The van der Waals surface area contributed by atoms with Gasteiger partial charge in [0.1, 0.15) is 23.7 Å². The predicted molar refractivity (Wildman–Crippen MR) is 160 cm³/mol. The molecule has 1 aromatic heterocycles. The van der Waals surface area contributed by atoms with Crippen LogP contribution < -0.4 is 20.1 Å². The van der Waals surface area contributed by atoms with Crippen LogP contribution in [0.2, 0.25) is 0 Å². The number of benzene rings is 2. The minimum atomic E-state index is -4.42. The second kappa shape index (κ2) is 13.6. The first kappa shape index (κ1) is 31.4. The quantitative estimate of drug-likeness (QED) is 0.232. The average molecular weight is 604 g/mol. The first-order valence-corrected chi connectivity index (χ1v) is 14.8. The molecule has 3 aromatic rings. The van der Waals surface area contributed by atoms with Crippen LogP contribution in [0.4, 0.5) is 24.5 Å². The van der Waals surface area contributed by atoms with E-state index in [1.165, 1.54) is 24.7 Å². The molecule has 8 nitrogen and oxygen atoms in total. The van der Waals surface area contributed by atoms with Gasteiger partial charge in [0.25, 0.3) is 5.91 Å². The van der Waals surface area contributed by atoms with Crippen molar-refractivity contribution in [2.45, 2.75) is 62.3 Å². The molecule has 0 aliphatic heterocycles. The fourth-order valence-corrected chi connectivity index (χ4v) is 6.00. The molecule has 0 saturated heterocycles. The molecular weight excluding hydrogens is 567 g/mol. The number of carbonyl (C=O) groups is 1. The van der Waals surface area contributed by atoms with E-state index in [1.807, 2.05) is 6.07 Å². The summed E-state index contributed by atoms with van der Waals surface area (Å²) in [5.74, 6) is 5.79. The molecule has 1 aliphatic rings. The van der Waals surface area contributed by atoms with Gasteiger partial charge in [-0.3, -0.25) is 4.79 Å². The number of fused-ring (bicyclic) bond motifs is 1. The number of ether oxygens (including phenoxy) is 1. The lowest BCUT2D eigenvalue weighted by atomic mass is 9.90. The number of halogens is 3. The highest BCUT2D eigenvalue weighted by molar-refractivity contribution is 7.90. The lowest BCUT2D eigenvalue weighted by molar-refractivity contribution is -0.140. The summed E-state index contributed by atoms with van der Waals surface area (Å²) in [6.07, 6.45) is -0.288. The van der Waals surface area contributed by atoms with Crippen molar-refractivity contribution in [3.05, 3.63) is 48.2 Å². The minimum absolute atomic E-state index is 0.123. The van der Waals surface area contributed by atoms with Gasteiger partial charge in [0.05, 0.1) is 30.6 Å². The summed E-state index contributed by atoms with van der Waals surface area (Å²) in [4.78, 5) is 13.8. The van der Waals surface area contributed by atoms with Crippen molar-refractivity contribution in [3.63, 3.8) is 0 Å². The average Bonchev–Trinajstić information content (AvgIpc) is 3.27. The van der Waals surface area contributed by atoms with E-state index in [1.54, 1.807) is 30.3 Å². The van der Waals surface area contributed by atoms with Crippen LogP contribution in [0.25, 0.3) is 10.9 Å². The highest BCUT2D eigenvalue weighted by Gasteiger charge is 2.30. The summed E-state index contributed by atoms with van der Waals surface area (Å²) >= 11 is -1.73. The van der Waals surface area contributed by atoms with Crippen LogP contribution in [0.15, 0.2) is 47.4 Å². The van der Waals surface area contributed by atoms with E-state index in [2.05, 4.69) is 46.2 Å². The Hall–Kier alpha value is -3.53. The van der Waals surface area contributed by atoms with Crippen molar-refractivity contribution in [1.29, 1.82) is 0 Å². The van der Waals surface area contributed by atoms with E-state index in [0.717, 1.165) is 31.4 Å². The number of aromatic nitrogens is 1. The Morgan fingerprint density at radius 2 is 1.88 bits per heavy atom. The number of hydrogen-bond donors (Lipinski definition) is 3. The largest absolute Gasteiger partial charge is 0.588 e. The van der Waals surface area contributed by atoms with Gasteiger partial charge in [-0.15, -0.1) is 0 Å². The molecule has 1 fully saturated rings. The number of alkyl halides is 3.